The number of hydrogen-bond acceptors (Lipinski definition) is 2. The Kier molecular flexibility index (Phi) is 13.2. The molecule has 0 aliphatic rings. The van der Waals surface area contributed by atoms with Gasteiger partial charge in [-0.15, -0.1) is 0 Å². The summed E-state index contributed by atoms with van der Waals surface area (Å²) in [5.41, 5.74) is 1.00. The Labute approximate surface area is 90.5 Å². The average molecular weight is 198 g/mol. The lowest BCUT2D eigenvalue weighted by atomic mass is 10.3. The Morgan fingerprint density at radius 2 is 2.07 bits per heavy atom. The molecule has 0 aliphatic heterocycles. The van der Waals surface area contributed by atoms with Crippen LogP contribution in [0.1, 0.15) is 15.3 Å². The molecule has 0 spiro atoms. The van der Waals surface area contributed by atoms with Gasteiger partial charge in [-0.2, -0.15) is 0 Å². The smallest absolute Gasteiger partial charge is 0.0299 e. The maximum absolute atomic E-state index is 3.91. The second-order valence-corrected chi connectivity index (χ2v) is 2.61. The second-order valence-electron chi connectivity index (χ2n) is 2.61. The topological polar surface area (TPSA) is 15.3 Å². The first-order chi connectivity index (χ1) is 6.72. The average Bonchev–Trinajstić information content (AvgIpc) is 2.25. The molecule has 0 aliphatic carbocycles. The minimum Gasteiger partial charge on any atom is -0.374 e. The number of likely N-dealkylation sites (N-methyl/N-ethyl adjacent to an activating group) is 2. The van der Waals surface area contributed by atoms with Crippen LogP contribution in [-0.2, 0) is 0 Å². The molecular weight excluding hydrogens is 172 g/mol. The maximum atomic E-state index is 3.91. The number of nitrogens with zero attached hydrogens (tertiary/aromatic N) is 1. The van der Waals surface area contributed by atoms with Crippen molar-refractivity contribution in [2.75, 3.05) is 27.2 Å². The van der Waals surface area contributed by atoms with Crippen molar-refractivity contribution in [1.82, 2.24) is 10.2 Å². The van der Waals surface area contributed by atoms with Crippen molar-refractivity contribution in [2.45, 2.75) is 13.8 Å². The molecule has 0 aromatic rings. The minimum atomic E-state index is 0. The number of rotatable bonds is 6. The van der Waals surface area contributed by atoms with Crippen molar-refractivity contribution in [2.24, 2.45) is 0 Å². The van der Waals surface area contributed by atoms with Gasteiger partial charge in [0.05, 0.1) is 0 Å². The summed E-state index contributed by atoms with van der Waals surface area (Å²) >= 11 is 0. The highest BCUT2D eigenvalue weighted by Crippen LogP contribution is 1.98. The normalized spacial score (nSPS) is 9.14. The highest BCUT2D eigenvalue weighted by atomic mass is 15.1. The van der Waals surface area contributed by atoms with Crippen molar-refractivity contribution >= 4 is 0 Å². The Morgan fingerprint density at radius 1 is 1.50 bits per heavy atom. The number of hydrogen-bond donors (Lipinski definition) is 1. The molecule has 0 radical (unpaired) electrons. The van der Waals surface area contributed by atoms with Crippen LogP contribution in [0.2, 0.25) is 0 Å². The Morgan fingerprint density at radius 3 is 2.50 bits per heavy atom. The highest BCUT2D eigenvalue weighted by Gasteiger charge is 1.95. The van der Waals surface area contributed by atoms with Gasteiger partial charge in [-0.05, 0) is 13.1 Å². The van der Waals surface area contributed by atoms with Crippen LogP contribution < -0.4 is 5.32 Å². The molecule has 0 fully saturated rings. The molecular formula is C12H26N2. The molecule has 0 unspecified atom stereocenters. The van der Waals surface area contributed by atoms with E-state index in [2.05, 4.69) is 23.4 Å². The van der Waals surface area contributed by atoms with E-state index in [4.69, 9.17) is 0 Å². The van der Waals surface area contributed by atoms with Gasteiger partial charge in [-0.3, -0.25) is 0 Å². The standard InChI is InChI=1S/C10H18N2.C2H6.H2/c1-5-6-7-10(2)12(4)9-8-11-3;1-2;/h5-7,11H,1-2,8-9H2,3-4H3;1-2H3;1H/b7-6-;;. The largest absolute Gasteiger partial charge is 0.374 e. The predicted molar refractivity (Wildman–Crippen MR) is 68.5 cm³/mol. The van der Waals surface area contributed by atoms with Crippen molar-refractivity contribution in [3.05, 3.63) is 37.1 Å². The molecule has 0 heterocycles. The maximum Gasteiger partial charge on any atom is 0.0299 e. The Balaban J connectivity index is -0.000000449. The molecule has 84 valence electrons. The fraction of sp³-hybridized carbons (Fsp3) is 0.500. The summed E-state index contributed by atoms with van der Waals surface area (Å²) in [5.74, 6) is 0. The summed E-state index contributed by atoms with van der Waals surface area (Å²) in [6, 6.07) is 0. The lowest BCUT2D eigenvalue weighted by Gasteiger charge is -2.18. The molecule has 2 nitrogen and oxygen atoms in total. The lowest BCUT2D eigenvalue weighted by molar-refractivity contribution is 0.429. The third kappa shape index (κ3) is 9.07. The van der Waals surface area contributed by atoms with Gasteiger partial charge in [0.15, 0.2) is 0 Å². The van der Waals surface area contributed by atoms with Crippen LogP contribution in [0.15, 0.2) is 37.1 Å². The third-order valence-corrected chi connectivity index (χ3v) is 1.61. The van der Waals surface area contributed by atoms with E-state index in [1.54, 1.807) is 6.08 Å². The van der Waals surface area contributed by atoms with E-state index in [-0.39, 0.29) is 1.43 Å². The molecule has 0 bridgehead atoms. The number of nitrogens with one attached hydrogen (secondary N) is 1. The van der Waals surface area contributed by atoms with Crippen molar-refractivity contribution in [3.63, 3.8) is 0 Å². The highest BCUT2D eigenvalue weighted by molar-refractivity contribution is 5.16. The molecule has 0 rings (SSSR count). The van der Waals surface area contributed by atoms with E-state index >= 15 is 0 Å². The monoisotopic (exact) mass is 198 g/mol. The third-order valence-electron chi connectivity index (χ3n) is 1.61. The summed E-state index contributed by atoms with van der Waals surface area (Å²) in [7, 11) is 3.96. The van der Waals surface area contributed by atoms with Gasteiger partial charge in [0.1, 0.15) is 0 Å². The first-order valence-corrected chi connectivity index (χ1v) is 5.06. The molecule has 0 aromatic carbocycles. The van der Waals surface area contributed by atoms with Crippen LogP contribution in [0.25, 0.3) is 0 Å². The van der Waals surface area contributed by atoms with Gasteiger partial charge >= 0.3 is 0 Å². The molecule has 0 atom stereocenters. The van der Waals surface area contributed by atoms with Crippen LogP contribution in [0, 0.1) is 0 Å². The summed E-state index contributed by atoms with van der Waals surface area (Å²) in [5, 5.41) is 3.08. The van der Waals surface area contributed by atoms with Crippen LogP contribution >= 0.6 is 0 Å². The molecule has 0 saturated heterocycles. The first kappa shape index (κ1) is 15.5. The Bertz CT molecular complexity index is 176. The SMILES string of the molecule is C=C/C=C\C(=C)N(C)CCNC.CC.[HH]. The molecule has 14 heavy (non-hydrogen) atoms. The van der Waals surface area contributed by atoms with Crippen molar-refractivity contribution in [1.29, 1.82) is 0 Å². The van der Waals surface area contributed by atoms with Gasteiger partial charge in [0.25, 0.3) is 0 Å². The summed E-state index contributed by atoms with van der Waals surface area (Å²) < 4.78 is 0. The van der Waals surface area contributed by atoms with Gasteiger partial charge in [0, 0.05) is 27.3 Å². The van der Waals surface area contributed by atoms with Crippen molar-refractivity contribution in [3.8, 4) is 0 Å². The van der Waals surface area contributed by atoms with Crippen LogP contribution in [0.3, 0.4) is 0 Å². The van der Waals surface area contributed by atoms with E-state index in [0.717, 1.165) is 18.8 Å². The van der Waals surface area contributed by atoms with E-state index in [0.29, 0.717) is 0 Å². The summed E-state index contributed by atoms with van der Waals surface area (Å²) in [6.07, 6.45) is 5.58. The fourth-order valence-corrected chi connectivity index (χ4v) is 0.729. The molecule has 0 saturated carbocycles. The van der Waals surface area contributed by atoms with Crippen molar-refractivity contribution < 1.29 is 1.43 Å². The van der Waals surface area contributed by atoms with E-state index in [1.807, 2.05) is 40.1 Å². The minimum absolute atomic E-state index is 0. The molecule has 1 N–H and O–H groups in total. The fourth-order valence-electron chi connectivity index (χ4n) is 0.729. The quantitative estimate of drug-likeness (QED) is 0.660. The van der Waals surface area contributed by atoms with Crippen LogP contribution in [0.4, 0.5) is 0 Å². The Hall–Kier alpha value is -1.02. The van der Waals surface area contributed by atoms with E-state index in [1.165, 1.54) is 0 Å². The summed E-state index contributed by atoms with van der Waals surface area (Å²) in [6.45, 7) is 13.4. The van der Waals surface area contributed by atoms with Gasteiger partial charge in [0.2, 0.25) is 0 Å². The zero-order valence-electron chi connectivity index (χ0n) is 10.0. The van der Waals surface area contributed by atoms with Crippen LogP contribution in [0.5, 0.6) is 0 Å². The van der Waals surface area contributed by atoms with Crippen LogP contribution in [-0.4, -0.2) is 32.1 Å². The lowest BCUT2D eigenvalue weighted by Crippen LogP contribution is -2.25. The van der Waals surface area contributed by atoms with Gasteiger partial charge < -0.3 is 10.2 Å². The zero-order chi connectivity index (χ0) is 11.4. The zero-order valence-corrected chi connectivity index (χ0v) is 10.0. The molecule has 0 aromatic heterocycles. The molecule has 2 heteroatoms. The van der Waals surface area contributed by atoms with Gasteiger partial charge in [-0.1, -0.05) is 39.2 Å². The predicted octanol–water partition coefficient (Wildman–Crippen LogP) is 2.67. The molecule has 0 amide bonds. The van der Waals surface area contributed by atoms with E-state index in [9.17, 15) is 0 Å². The first-order valence-electron chi connectivity index (χ1n) is 5.06. The van der Waals surface area contributed by atoms with Gasteiger partial charge in [-0.25, -0.2) is 0 Å². The van der Waals surface area contributed by atoms with E-state index < -0.39 is 0 Å². The number of allylic oxidation sites excluding steroid dienone is 3. The second kappa shape index (κ2) is 12.0. The summed E-state index contributed by atoms with van der Waals surface area (Å²) in [4.78, 5) is 2.09.